The zero-order valence-electron chi connectivity index (χ0n) is 10.7. The first-order valence-corrected chi connectivity index (χ1v) is 6.56. The molecule has 6 heteroatoms. The van der Waals surface area contributed by atoms with Gasteiger partial charge in [-0.3, -0.25) is 4.79 Å². The fourth-order valence-electron chi connectivity index (χ4n) is 1.79. The SMILES string of the molecule is CC1Oc2ncc(Br)cc2N(CCN(C)C)C1=O. The largest absolute Gasteiger partial charge is 0.463 e. The van der Waals surface area contributed by atoms with Gasteiger partial charge in [-0.2, -0.15) is 0 Å². The first-order valence-electron chi connectivity index (χ1n) is 5.77. The van der Waals surface area contributed by atoms with Gasteiger partial charge in [0.2, 0.25) is 5.88 Å². The summed E-state index contributed by atoms with van der Waals surface area (Å²) in [6.07, 6.45) is 1.19. The highest BCUT2D eigenvalue weighted by Gasteiger charge is 2.32. The number of carbonyl (C=O) groups is 1. The highest BCUT2D eigenvalue weighted by Crippen LogP contribution is 2.33. The average molecular weight is 314 g/mol. The van der Waals surface area contributed by atoms with Gasteiger partial charge in [-0.15, -0.1) is 0 Å². The van der Waals surface area contributed by atoms with E-state index in [0.717, 1.165) is 16.7 Å². The Balaban J connectivity index is 2.31. The number of fused-ring (bicyclic) bond motifs is 1. The third-order valence-electron chi connectivity index (χ3n) is 2.76. The van der Waals surface area contributed by atoms with Gasteiger partial charge in [0.15, 0.2) is 6.10 Å². The Labute approximate surface area is 115 Å². The molecule has 0 saturated carbocycles. The van der Waals surface area contributed by atoms with Crippen LogP contribution in [0.15, 0.2) is 16.7 Å². The minimum absolute atomic E-state index is 0.0238. The van der Waals surface area contributed by atoms with Crippen molar-refractivity contribution in [3.8, 4) is 5.88 Å². The van der Waals surface area contributed by atoms with E-state index in [0.29, 0.717) is 12.4 Å². The van der Waals surface area contributed by atoms with E-state index in [1.54, 1.807) is 18.0 Å². The summed E-state index contributed by atoms with van der Waals surface area (Å²) in [4.78, 5) is 20.1. The Kier molecular flexibility index (Phi) is 3.87. The van der Waals surface area contributed by atoms with E-state index in [9.17, 15) is 4.79 Å². The Morgan fingerprint density at radius 1 is 1.56 bits per heavy atom. The molecule has 1 amide bonds. The Morgan fingerprint density at radius 2 is 2.28 bits per heavy atom. The van der Waals surface area contributed by atoms with Crippen molar-refractivity contribution >= 4 is 27.5 Å². The van der Waals surface area contributed by atoms with Crippen molar-refractivity contribution in [3.05, 3.63) is 16.7 Å². The first-order chi connectivity index (χ1) is 8.49. The second-order valence-corrected chi connectivity index (χ2v) is 5.45. The summed E-state index contributed by atoms with van der Waals surface area (Å²) in [6, 6.07) is 1.86. The molecule has 2 heterocycles. The van der Waals surface area contributed by atoms with Crippen molar-refractivity contribution in [2.24, 2.45) is 0 Å². The molecule has 1 aliphatic heterocycles. The maximum atomic E-state index is 12.2. The summed E-state index contributed by atoms with van der Waals surface area (Å²) in [5, 5.41) is 0. The zero-order valence-corrected chi connectivity index (χ0v) is 12.3. The molecule has 0 radical (unpaired) electrons. The fraction of sp³-hybridized carbons (Fsp3) is 0.500. The van der Waals surface area contributed by atoms with Crippen LogP contribution in [0.3, 0.4) is 0 Å². The second kappa shape index (κ2) is 5.24. The van der Waals surface area contributed by atoms with Gasteiger partial charge < -0.3 is 14.5 Å². The van der Waals surface area contributed by atoms with E-state index < -0.39 is 6.10 Å². The van der Waals surface area contributed by atoms with E-state index in [1.807, 2.05) is 25.1 Å². The molecule has 2 rings (SSSR count). The van der Waals surface area contributed by atoms with Crippen molar-refractivity contribution < 1.29 is 9.53 Å². The molecule has 0 fully saturated rings. The van der Waals surface area contributed by atoms with Gasteiger partial charge in [-0.05, 0) is 43.0 Å². The average Bonchev–Trinajstić information content (AvgIpc) is 2.30. The van der Waals surface area contributed by atoms with Crippen LogP contribution < -0.4 is 9.64 Å². The Hall–Kier alpha value is -1.14. The quantitative estimate of drug-likeness (QED) is 0.849. The number of carbonyl (C=O) groups excluding carboxylic acids is 1. The van der Waals surface area contributed by atoms with Crippen molar-refractivity contribution in [1.82, 2.24) is 9.88 Å². The summed E-state index contributed by atoms with van der Waals surface area (Å²) >= 11 is 3.37. The van der Waals surface area contributed by atoms with E-state index in [2.05, 4.69) is 20.9 Å². The van der Waals surface area contributed by atoms with Gasteiger partial charge in [-0.25, -0.2) is 4.98 Å². The molecule has 1 atom stereocenters. The summed E-state index contributed by atoms with van der Waals surface area (Å²) in [5.74, 6) is 0.494. The highest BCUT2D eigenvalue weighted by atomic mass is 79.9. The molecule has 0 aromatic carbocycles. The van der Waals surface area contributed by atoms with Crippen LogP contribution in [0.25, 0.3) is 0 Å². The molecule has 0 bridgehead atoms. The maximum absolute atomic E-state index is 12.2. The standard InChI is InChI=1S/C12H16BrN3O2/c1-8-12(17)16(5-4-15(2)3)10-6-9(13)7-14-11(10)18-8/h6-8H,4-5H2,1-3H3. The van der Waals surface area contributed by atoms with Crippen molar-refractivity contribution in [1.29, 1.82) is 0 Å². The van der Waals surface area contributed by atoms with Crippen LogP contribution in [0.5, 0.6) is 5.88 Å². The monoisotopic (exact) mass is 313 g/mol. The number of hydrogen-bond acceptors (Lipinski definition) is 4. The number of nitrogens with zero attached hydrogens (tertiary/aromatic N) is 3. The molecule has 0 spiro atoms. The van der Waals surface area contributed by atoms with Crippen molar-refractivity contribution in [2.75, 3.05) is 32.1 Å². The Bertz CT molecular complexity index is 465. The number of anilines is 1. The number of likely N-dealkylation sites (N-methyl/N-ethyl adjacent to an activating group) is 1. The van der Waals surface area contributed by atoms with Crippen LogP contribution >= 0.6 is 15.9 Å². The molecule has 1 aromatic heterocycles. The summed E-state index contributed by atoms with van der Waals surface area (Å²) in [6.45, 7) is 3.17. The third-order valence-corrected chi connectivity index (χ3v) is 3.20. The van der Waals surface area contributed by atoms with Gasteiger partial charge in [0.05, 0.1) is 0 Å². The molecule has 98 valence electrons. The summed E-state index contributed by atoms with van der Waals surface area (Å²) in [7, 11) is 3.96. The van der Waals surface area contributed by atoms with Gasteiger partial charge >= 0.3 is 0 Å². The lowest BCUT2D eigenvalue weighted by Crippen LogP contribution is -2.47. The molecule has 1 aliphatic rings. The molecule has 0 saturated heterocycles. The van der Waals surface area contributed by atoms with Crippen molar-refractivity contribution in [2.45, 2.75) is 13.0 Å². The molecule has 1 unspecified atom stereocenters. The number of amides is 1. The van der Waals surface area contributed by atoms with E-state index in [1.165, 1.54) is 0 Å². The lowest BCUT2D eigenvalue weighted by molar-refractivity contribution is -0.125. The normalized spacial score (nSPS) is 18.8. The van der Waals surface area contributed by atoms with Gasteiger partial charge in [0.1, 0.15) is 5.69 Å². The zero-order chi connectivity index (χ0) is 13.3. The number of rotatable bonds is 3. The number of aromatic nitrogens is 1. The molecule has 18 heavy (non-hydrogen) atoms. The minimum atomic E-state index is -0.478. The van der Waals surface area contributed by atoms with Crippen LogP contribution in [0, 0.1) is 0 Å². The predicted molar refractivity (Wildman–Crippen MR) is 72.9 cm³/mol. The maximum Gasteiger partial charge on any atom is 0.268 e. The minimum Gasteiger partial charge on any atom is -0.463 e. The van der Waals surface area contributed by atoms with Gasteiger partial charge in [-0.1, -0.05) is 0 Å². The van der Waals surface area contributed by atoms with Crippen LogP contribution in [-0.2, 0) is 4.79 Å². The first kappa shape index (κ1) is 13.3. The number of hydrogen-bond donors (Lipinski definition) is 0. The van der Waals surface area contributed by atoms with Crippen LogP contribution in [0.4, 0.5) is 5.69 Å². The Morgan fingerprint density at radius 3 is 2.94 bits per heavy atom. The summed E-state index contributed by atoms with van der Waals surface area (Å²) < 4.78 is 6.33. The molecular formula is C12H16BrN3O2. The van der Waals surface area contributed by atoms with E-state index >= 15 is 0 Å². The second-order valence-electron chi connectivity index (χ2n) is 4.53. The lowest BCUT2D eigenvalue weighted by atomic mass is 10.2. The number of halogens is 1. The predicted octanol–water partition coefficient (Wildman–Crippen LogP) is 1.52. The topological polar surface area (TPSA) is 45.7 Å². The molecule has 5 nitrogen and oxygen atoms in total. The molecular weight excluding hydrogens is 298 g/mol. The fourth-order valence-corrected chi connectivity index (χ4v) is 2.11. The van der Waals surface area contributed by atoms with E-state index in [4.69, 9.17) is 4.74 Å². The van der Waals surface area contributed by atoms with E-state index in [-0.39, 0.29) is 5.91 Å². The van der Waals surface area contributed by atoms with Crippen molar-refractivity contribution in [3.63, 3.8) is 0 Å². The van der Waals surface area contributed by atoms with Gasteiger partial charge in [0.25, 0.3) is 5.91 Å². The van der Waals surface area contributed by atoms with Crippen LogP contribution in [-0.4, -0.2) is 49.1 Å². The number of pyridine rings is 1. The number of ether oxygens (including phenoxy) is 1. The molecule has 0 N–H and O–H groups in total. The van der Waals surface area contributed by atoms with Crippen LogP contribution in [0.2, 0.25) is 0 Å². The van der Waals surface area contributed by atoms with Gasteiger partial charge in [0, 0.05) is 23.8 Å². The summed E-state index contributed by atoms with van der Waals surface area (Å²) in [5.41, 5.74) is 0.731. The smallest absolute Gasteiger partial charge is 0.268 e. The van der Waals surface area contributed by atoms with Crippen LogP contribution in [0.1, 0.15) is 6.92 Å². The molecule has 1 aromatic rings. The third kappa shape index (κ3) is 2.64. The lowest BCUT2D eigenvalue weighted by Gasteiger charge is -2.32. The highest BCUT2D eigenvalue weighted by molar-refractivity contribution is 9.10. The molecule has 0 aliphatic carbocycles.